The van der Waals surface area contributed by atoms with Gasteiger partial charge in [0.15, 0.2) is 0 Å². The highest BCUT2D eigenvalue weighted by molar-refractivity contribution is 6.29. The molecule has 3 rings (SSSR count). The fraction of sp³-hybridized carbons (Fsp3) is 0.346. The molecular weight excluding hydrogens is 491 g/mol. The summed E-state index contributed by atoms with van der Waals surface area (Å²) in [7, 11) is 0. The standard InChI is InChI=1S/C26H29ClF3N5O/c1-4-32-22-13-20(12-21(14-22)26(28,29)30)25(36)33-10-9-18-7-6-8-19(11-18)17(3)35(5-2)24-16-31-15-23(27)34-24/h6-8,11-17,32H,4-5,9-10H2,1-3H3,(H,33,36). The molecule has 1 heterocycles. The third-order valence-electron chi connectivity index (χ3n) is 5.73. The van der Waals surface area contributed by atoms with Crippen molar-refractivity contribution in [3.8, 4) is 0 Å². The van der Waals surface area contributed by atoms with Gasteiger partial charge in [-0.1, -0.05) is 35.9 Å². The van der Waals surface area contributed by atoms with Crippen molar-refractivity contribution < 1.29 is 18.0 Å². The summed E-state index contributed by atoms with van der Waals surface area (Å²) in [5.74, 6) is 0.120. The maximum absolute atomic E-state index is 13.3. The molecule has 0 saturated carbocycles. The van der Waals surface area contributed by atoms with Crippen LogP contribution in [0.15, 0.2) is 54.9 Å². The van der Waals surface area contributed by atoms with Crippen molar-refractivity contribution in [1.29, 1.82) is 0 Å². The summed E-state index contributed by atoms with van der Waals surface area (Å²) in [6.45, 7) is 7.27. The van der Waals surface area contributed by atoms with Crippen LogP contribution in [0.5, 0.6) is 0 Å². The minimum absolute atomic E-state index is 0.00750. The molecule has 0 fully saturated rings. The van der Waals surface area contributed by atoms with E-state index in [1.807, 2.05) is 31.2 Å². The van der Waals surface area contributed by atoms with E-state index in [-0.39, 0.29) is 23.8 Å². The maximum atomic E-state index is 13.3. The number of hydrogen-bond acceptors (Lipinski definition) is 5. The monoisotopic (exact) mass is 519 g/mol. The van der Waals surface area contributed by atoms with Crippen LogP contribution in [0.1, 0.15) is 53.9 Å². The van der Waals surface area contributed by atoms with Gasteiger partial charge in [0.25, 0.3) is 5.91 Å². The Morgan fingerprint density at radius 3 is 2.58 bits per heavy atom. The van der Waals surface area contributed by atoms with Crippen molar-refractivity contribution in [2.75, 3.05) is 29.9 Å². The highest BCUT2D eigenvalue weighted by atomic mass is 35.5. The molecule has 1 unspecified atom stereocenters. The summed E-state index contributed by atoms with van der Waals surface area (Å²) in [5, 5.41) is 5.90. The van der Waals surface area contributed by atoms with Gasteiger partial charge >= 0.3 is 6.18 Å². The number of benzene rings is 2. The molecule has 36 heavy (non-hydrogen) atoms. The van der Waals surface area contributed by atoms with Gasteiger partial charge in [0.05, 0.1) is 24.0 Å². The number of amides is 1. The van der Waals surface area contributed by atoms with Crippen LogP contribution in [-0.2, 0) is 12.6 Å². The van der Waals surface area contributed by atoms with E-state index in [1.165, 1.54) is 12.3 Å². The minimum Gasteiger partial charge on any atom is -0.385 e. The number of nitrogens with zero attached hydrogens (tertiary/aromatic N) is 3. The summed E-state index contributed by atoms with van der Waals surface area (Å²) in [5.41, 5.74) is 1.40. The summed E-state index contributed by atoms with van der Waals surface area (Å²) in [4.78, 5) is 23.2. The Kier molecular flexibility index (Phi) is 9.14. The lowest BCUT2D eigenvalue weighted by Crippen LogP contribution is -2.28. The van der Waals surface area contributed by atoms with E-state index in [2.05, 4.69) is 32.4 Å². The summed E-state index contributed by atoms with van der Waals surface area (Å²) < 4.78 is 39.8. The zero-order chi connectivity index (χ0) is 26.3. The van der Waals surface area contributed by atoms with Gasteiger partial charge in [-0.15, -0.1) is 0 Å². The molecule has 2 aromatic carbocycles. The number of nitrogens with one attached hydrogen (secondary N) is 2. The number of carbonyl (C=O) groups excluding carboxylic acids is 1. The molecule has 1 amide bonds. The summed E-state index contributed by atoms with van der Waals surface area (Å²) in [6, 6.07) is 11.2. The van der Waals surface area contributed by atoms with Crippen molar-refractivity contribution in [3.05, 3.63) is 82.3 Å². The molecule has 6 nitrogen and oxygen atoms in total. The van der Waals surface area contributed by atoms with Crippen molar-refractivity contribution in [2.45, 2.75) is 39.4 Å². The molecule has 1 atom stereocenters. The molecule has 0 aliphatic heterocycles. The van der Waals surface area contributed by atoms with Crippen LogP contribution in [0.4, 0.5) is 24.7 Å². The molecule has 0 radical (unpaired) electrons. The van der Waals surface area contributed by atoms with Gasteiger partial charge in [0, 0.05) is 30.9 Å². The van der Waals surface area contributed by atoms with Crippen LogP contribution in [-0.4, -0.2) is 35.5 Å². The van der Waals surface area contributed by atoms with Gasteiger partial charge < -0.3 is 15.5 Å². The lowest BCUT2D eigenvalue weighted by atomic mass is 10.0. The summed E-state index contributed by atoms with van der Waals surface area (Å²) in [6.07, 6.45) is -0.867. The fourth-order valence-corrected chi connectivity index (χ4v) is 4.09. The molecule has 3 aromatic rings. The van der Waals surface area contributed by atoms with Crippen molar-refractivity contribution in [1.82, 2.24) is 15.3 Å². The Balaban J connectivity index is 1.68. The van der Waals surface area contributed by atoms with Gasteiger partial charge in [0.2, 0.25) is 0 Å². The van der Waals surface area contributed by atoms with Crippen LogP contribution in [0, 0.1) is 0 Å². The largest absolute Gasteiger partial charge is 0.416 e. The summed E-state index contributed by atoms with van der Waals surface area (Å²) >= 11 is 6.01. The molecule has 0 aliphatic rings. The van der Waals surface area contributed by atoms with Crippen LogP contribution in [0.2, 0.25) is 5.15 Å². The van der Waals surface area contributed by atoms with Crippen molar-refractivity contribution >= 4 is 29.0 Å². The van der Waals surface area contributed by atoms with E-state index in [4.69, 9.17) is 11.6 Å². The normalized spacial score (nSPS) is 12.2. The van der Waals surface area contributed by atoms with E-state index in [0.717, 1.165) is 23.3 Å². The van der Waals surface area contributed by atoms with Gasteiger partial charge in [0.1, 0.15) is 11.0 Å². The Morgan fingerprint density at radius 1 is 1.14 bits per heavy atom. The van der Waals surface area contributed by atoms with E-state index < -0.39 is 17.6 Å². The van der Waals surface area contributed by atoms with Gasteiger partial charge in [-0.2, -0.15) is 13.2 Å². The second-order valence-electron chi connectivity index (χ2n) is 8.24. The number of hydrogen-bond donors (Lipinski definition) is 2. The first-order valence-corrected chi connectivity index (χ1v) is 12.1. The number of alkyl halides is 3. The average Bonchev–Trinajstić information content (AvgIpc) is 2.84. The first kappa shape index (κ1) is 27.3. The second-order valence-corrected chi connectivity index (χ2v) is 8.63. The minimum atomic E-state index is -4.54. The van der Waals surface area contributed by atoms with Gasteiger partial charge in [-0.3, -0.25) is 9.78 Å². The molecule has 2 N–H and O–H groups in total. The molecule has 0 saturated heterocycles. The molecule has 0 aliphatic carbocycles. The van der Waals surface area contributed by atoms with E-state index >= 15 is 0 Å². The van der Waals surface area contributed by atoms with Crippen molar-refractivity contribution in [3.63, 3.8) is 0 Å². The first-order valence-electron chi connectivity index (χ1n) is 11.7. The third kappa shape index (κ3) is 7.10. The molecule has 0 bridgehead atoms. The lowest BCUT2D eigenvalue weighted by molar-refractivity contribution is -0.137. The van der Waals surface area contributed by atoms with E-state index in [1.54, 1.807) is 13.1 Å². The predicted octanol–water partition coefficient (Wildman–Crippen LogP) is 6.14. The molecule has 192 valence electrons. The number of aromatic nitrogens is 2. The Morgan fingerprint density at radius 2 is 1.92 bits per heavy atom. The van der Waals surface area contributed by atoms with E-state index in [0.29, 0.717) is 30.5 Å². The predicted molar refractivity (Wildman–Crippen MR) is 137 cm³/mol. The molecule has 1 aromatic heterocycles. The highest BCUT2D eigenvalue weighted by Gasteiger charge is 2.31. The Hall–Kier alpha value is -3.33. The van der Waals surface area contributed by atoms with Crippen LogP contribution >= 0.6 is 11.6 Å². The average molecular weight is 520 g/mol. The zero-order valence-electron chi connectivity index (χ0n) is 20.4. The molecule has 0 spiro atoms. The third-order valence-corrected chi connectivity index (χ3v) is 5.91. The Bertz CT molecular complexity index is 1190. The van der Waals surface area contributed by atoms with E-state index in [9.17, 15) is 18.0 Å². The lowest BCUT2D eigenvalue weighted by Gasteiger charge is -2.29. The van der Waals surface area contributed by atoms with Crippen LogP contribution in [0.3, 0.4) is 0 Å². The maximum Gasteiger partial charge on any atom is 0.416 e. The van der Waals surface area contributed by atoms with Crippen molar-refractivity contribution in [2.24, 2.45) is 0 Å². The van der Waals surface area contributed by atoms with Crippen LogP contribution < -0.4 is 15.5 Å². The van der Waals surface area contributed by atoms with Gasteiger partial charge in [-0.05, 0) is 56.5 Å². The smallest absolute Gasteiger partial charge is 0.385 e. The molecular formula is C26H29ClF3N5O. The number of anilines is 2. The first-order chi connectivity index (χ1) is 17.1. The van der Waals surface area contributed by atoms with Gasteiger partial charge in [-0.25, -0.2) is 4.98 Å². The number of rotatable bonds is 10. The number of carbonyl (C=O) groups is 1. The van der Waals surface area contributed by atoms with Crippen LogP contribution in [0.25, 0.3) is 0 Å². The SMILES string of the molecule is CCNc1cc(C(=O)NCCc2cccc(C(C)N(CC)c3cncc(Cl)n3)c2)cc(C(F)(F)F)c1. The second kappa shape index (κ2) is 12.1. The topological polar surface area (TPSA) is 70.2 Å². The quantitative estimate of drug-likeness (QED) is 0.336. The number of halogens is 4. The highest BCUT2D eigenvalue weighted by Crippen LogP contribution is 2.32. The zero-order valence-corrected chi connectivity index (χ0v) is 21.1. The fourth-order valence-electron chi connectivity index (χ4n) is 3.94. The Labute approximate surface area is 213 Å². The molecule has 10 heteroatoms.